The van der Waals surface area contributed by atoms with E-state index in [1.807, 2.05) is 0 Å². The van der Waals surface area contributed by atoms with E-state index in [9.17, 15) is 4.79 Å². The number of benzene rings is 1. The monoisotopic (exact) mass is 242 g/mol. The normalized spacial score (nSPS) is 28.6. The number of carbonyl (C=O) groups excluding carboxylic acids is 1. The van der Waals surface area contributed by atoms with E-state index in [0.717, 1.165) is 30.7 Å². The second-order valence-electron chi connectivity index (χ2n) is 6.59. The molecule has 0 heterocycles. The minimum Gasteiger partial charge on any atom is -0.294 e. The van der Waals surface area contributed by atoms with Crippen molar-refractivity contribution in [1.82, 2.24) is 0 Å². The fourth-order valence-electron chi connectivity index (χ4n) is 3.86. The van der Waals surface area contributed by atoms with Gasteiger partial charge in [-0.1, -0.05) is 0 Å². The Hall–Kier alpha value is -1.11. The van der Waals surface area contributed by atoms with Crippen LogP contribution in [-0.2, 0) is 0 Å². The van der Waals surface area contributed by atoms with Crippen molar-refractivity contribution in [1.29, 1.82) is 0 Å². The maximum absolute atomic E-state index is 12.8. The topological polar surface area (TPSA) is 17.1 Å². The number of carbonyl (C=O) groups is 1. The SMILES string of the molecule is Cc1c(C)c(C)c(C(=O)C23CC(C2)C3)c(C)c1C. The Morgan fingerprint density at radius 2 is 1.22 bits per heavy atom. The zero-order chi connectivity index (χ0) is 13.2. The molecule has 0 unspecified atom stereocenters. The Labute approximate surface area is 110 Å². The zero-order valence-electron chi connectivity index (χ0n) is 12.1. The molecule has 0 atom stereocenters. The molecule has 3 aliphatic rings. The lowest BCUT2D eigenvalue weighted by atomic mass is 9.42. The van der Waals surface area contributed by atoms with Crippen molar-refractivity contribution in [2.45, 2.75) is 53.9 Å². The molecule has 2 bridgehead atoms. The van der Waals surface area contributed by atoms with Crippen molar-refractivity contribution < 1.29 is 4.79 Å². The summed E-state index contributed by atoms with van der Waals surface area (Å²) < 4.78 is 0. The van der Waals surface area contributed by atoms with Crippen LogP contribution in [0.2, 0.25) is 0 Å². The molecule has 3 fully saturated rings. The summed E-state index contributed by atoms with van der Waals surface area (Å²) in [6.07, 6.45) is 3.45. The molecule has 3 saturated carbocycles. The first-order chi connectivity index (χ1) is 8.37. The third kappa shape index (κ3) is 1.25. The summed E-state index contributed by atoms with van der Waals surface area (Å²) >= 11 is 0. The van der Waals surface area contributed by atoms with Gasteiger partial charge in [0, 0.05) is 11.0 Å². The number of rotatable bonds is 2. The first kappa shape index (κ1) is 12.0. The van der Waals surface area contributed by atoms with Gasteiger partial charge < -0.3 is 0 Å². The molecule has 1 aromatic carbocycles. The predicted octanol–water partition coefficient (Wildman–Crippen LogP) is 4.21. The molecule has 1 aromatic rings. The molecule has 0 aromatic heterocycles. The zero-order valence-corrected chi connectivity index (χ0v) is 12.1. The van der Waals surface area contributed by atoms with Crippen molar-refractivity contribution in [3.63, 3.8) is 0 Å². The number of Topliss-reactive ketones (excluding diaryl/α,β-unsaturated/α-hetero) is 1. The highest BCUT2D eigenvalue weighted by molar-refractivity contribution is 6.05. The molecule has 1 nitrogen and oxygen atoms in total. The largest absolute Gasteiger partial charge is 0.294 e. The number of hydrogen-bond donors (Lipinski definition) is 0. The molecule has 96 valence electrons. The molecule has 3 aliphatic carbocycles. The second kappa shape index (κ2) is 3.46. The molecule has 0 aliphatic heterocycles. The Kier molecular flexibility index (Phi) is 2.30. The van der Waals surface area contributed by atoms with Gasteiger partial charge in [-0.25, -0.2) is 0 Å². The molecule has 1 heteroatoms. The van der Waals surface area contributed by atoms with Crippen molar-refractivity contribution in [3.05, 3.63) is 33.4 Å². The summed E-state index contributed by atoms with van der Waals surface area (Å²) in [5.74, 6) is 1.30. The molecule has 0 N–H and O–H groups in total. The Bertz CT molecular complexity index is 519. The van der Waals surface area contributed by atoms with Crippen LogP contribution in [-0.4, -0.2) is 5.78 Å². The third-order valence-electron chi connectivity index (χ3n) is 5.75. The van der Waals surface area contributed by atoms with E-state index in [1.54, 1.807) is 0 Å². The van der Waals surface area contributed by atoms with Gasteiger partial charge >= 0.3 is 0 Å². The van der Waals surface area contributed by atoms with E-state index < -0.39 is 0 Å². The van der Waals surface area contributed by atoms with Gasteiger partial charge in [-0.2, -0.15) is 0 Å². The first-order valence-electron chi connectivity index (χ1n) is 6.99. The fraction of sp³-hybridized carbons (Fsp3) is 0.588. The standard InChI is InChI=1S/C17H22O/c1-9-10(2)12(4)15(13(5)11(9)3)16(18)17-6-14(7-17)8-17/h14H,6-8H2,1-5H3. The van der Waals surface area contributed by atoms with Crippen LogP contribution < -0.4 is 0 Å². The summed E-state index contributed by atoms with van der Waals surface area (Å²) in [5, 5.41) is 0. The summed E-state index contributed by atoms with van der Waals surface area (Å²) in [5.41, 5.74) is 7.46. The highest BCUT2D eigenvalue weighted by Gasteiger charge is 2.61. The average Bonchev–Trinajstić information content (AvgIpc) is 2.19. The van der Waals surface area contributed by atoms with Gasteiger partial charge in [0.1, 0.15) is 0 Å². The Morgan fingerprint density at radius 3 is 1.56 bits per heavy atom. The van der Waals surface area contributed by atoms with E-state index in [2.05, 4.69) is 34.6 Å². The molecular weight excluding hydrogens is 220 g/mol. The highest BCUT2D eigenvalue weighted by Crippen LogP contribution is 2.65. The molecule has 0 saturated heterocycles. The summed E-state index contributed by atoms with van der Waals surface area (Å²) in [4.78, 5) is 12.8. The van der Waals surface area contributed by atoms with Crippen LogP contribution in [0.5, 0.6) is 0 Å². The quantitative estimate of drug-likeness (QED) is 0.710. The lowest BCUT2D eigenvalue weighted by Crippen LogP contribution is -2.57. The van der Waals surface area contributed by atoms with Crippen LogP contribution in [0.1, 0.15) is 57.4 Å². The van der Waals surface area contributed by atoms with Gasteiger partial charge in [-0.3, -0.25) is 4.79 Å². The van der Waals surface area contributed by atoms with Crippen LogP contribution in [0.4, 0.5) is 0 Å². The minimum atomic E-state index is 0.0499. The third-order valence-corrected chi connectivity index (χ3v) is 5.75. The number of hydrogen-bond acceptors (Lipinski definition) is 1. The Balaban J connectivity index is 2.14. The maximum atomic E-state index is 12.8. The molecule has 0 spiro atoms. The summed E-state index contributed by atoms with van der Waals surface area (Å²) in [7, 11) is 0. The fourth-order valence-corrected chi connectivity index (χ4v) is 3.86. The van der Waals surface area contributed by atoms with E-state index in [1.165, 1.54) is 27.8 Å². The van der Waals surface area contributed by atoms with Crippen LogP contribution in [0.25, 0.3) is 0 Å². The summed E-state index contributed by atoms with van der Waals surface area (Å²) in [6.45, 7) is 10.7. The van der Waals surface area contributed by atoms with Gasteiger partial charge in [0.15, 0.2) is 5.78 Å². The van der Waals surface area contributed by atoms with Crippen molar-refractivity contribution in [3.8, 4) is 0 Å². The van der Waals surface area contributed by atoms with Gasteiger partial charge in [0.2, 0.25) is 0 Å². The van der Waals surface area contributed by atoms with Crippen molar-refractivity contribution in [2.75, 3.05) is 0 Å². The highest BCUT2D eigenvalue weighted by atomic mass is 16.1. The van der Waals surface area contributed by atoms with Crippen molar-refractivity contribution in [2.24, 2.45) is 11.3 Å². The van der Waals surface area contributed by atoms with Crippen LogP contribution >= 0.6 is 0 Å². The number of ketones is 1. The van der Waals surface area contributed by atoms with Crippen LogP contribution in [0.3, 0.4) is 0 Å². The molecule has 18 heavy (non-hydrogen) atoms. The Morgan fingerprint density at radius 1 is 0.833 bits per heavy atom. The second-order valence-corrected chi connectivity index (χ2v) is 6.59. The molecule has 4 rings (SSSR count). The van der Waals surface area contributed by atoms with Gasteiger partial charge in [0.25, 0.3) is 0 Å². The smallest absolute Gasteiger partial charge is 0.169 e. The predicted molar refractivity (Wildman–Crippen MR) is 74.2 cm³/mol. The molecule has 0 amide bonds. The summed E-state index contributed by atoms with van der Waals surface area (Å²) in [6, 6.07) is 0. The lowest BCUT2D eigenvalue weighted by molar-refractivity contribution is -0.0708. The average molecular weight is 242 g/mol. The lowest BCUT2D eigenvalue weighted by Gasteiger charge is -2.60. The van der Waals surface area contributed by atoms with E-state index in [0.29, 0.717) is 5.78 Å². The van der Waals surface area contributed by atoms with Crippen molar-refractivity contribution >= 4 is 5.78 Å². The van der Waals surface area contributed by atoms with E-state index in [-0.39, 0.29) is 5.41 Å². The minimum absolute atomic E-state index is 0.0499. The maximum Gasteiger partial charge on any atom is 0.169 e. The van der Waals surface area contributed by atoms with E-state index >= 15 is 0 Å². The van der Waals surface area contributed by atoms with Crippen LogP contribution in [0.15, 0.2) is 0 Å². The van der Waals surface area contributed by atoms with Gasteiger partial charge in [0.05, 0.1) is 0 Å². The van der Waals surface area contributed by atoms with Crippen LogP contribution in [0, 0.1) is 46.0 Å². The van der Waals surface area contributed by atoms with Gasteiger partial charge in [-0.15, -0.1) is 0 Å². The van der Waals surface area contributed by atoms with Gasteiger partial charge in [-0.05, 0) is 87.6 Å². The van der Waals surface area contributed by atoms with E-state index in [4.69, 9.17) is 0 Å². The first-order valence-corrected chi connectivity index (χ1v) is 6.99. The molecule has 0 radical (unpaired) electrons. The molecular formula is C17H22O.